The minimum atomic E-state index is -0.327. The molecule has 1 rings (SSSR count). The van der Waals surface area contributed by atoms with Gasteiger partial charge in [0, 0.05) is 0 Å². The van der Waals surface area contributed by atoms with Gasteiger partial charge in [-0.25, -0.2) is 9.59 Å². The summed E-state index contributed by atoms with van der Waals surface area (Å²) in [6.45, 7) is 6.87. The lowest BCUT2D eigenvalue weighted by Crippen LogP contribution is -2.17. The number of carbonyl (C=O) groups is 2. The topological polar surface area (TPSA) is 52.6 Å². The molecule has 0 saturated carbocycles. The van der Waals surface area contributed by atoms with Gasteiger partial charge < -0.3 is 9.47 Å². The lowest BCUT2D eigenvalue weighted by atomic mass is 10.1. The molecular formula is C28H46O4. The first kappa shape index (κ1) is 28.2. The van der Waals surface area contributed by atoms with E-state index in [1.54, 1.807) is 24.3 Å². The smallest absolute Gasteiger partial charge is 0.338 e. The van der Waals surface area contributed by atoms with Gasteiger partial charge in [0.2, 0.25) is 0 Å². The number of hydrogen-bond acceptors (Lipinski definition) is 4. The highest BCUT2D eigenvalue weighted by atomic mass is 16.5. The Morgan fingerprint density at radius 2 is 1.12 bits per heavy atom. The second-order valence-corrected chi connectivity index (χ2v) is 8.83. The van der Waals surface area contributed by atoms with Gasteiger partial charge in [0.1, 0.15) is 6.10 Å². The predicted molar refractivity (Wildman–Crippen MR) is 132 cm³/mol. The fourth-order valence-corrected chi connectivity index (χ4v) is 3.75. The second-order valence-electron chi connectivity index (χ2n) is 8.83. The molecule has 0 spiro atoms. The Morgan fingerprint density at radius 3 is 1.62 bits per heavy atom. The van der Waals surface area contributed by atoms with E-state index in [0.29, 0.717) is 17.7 Å². The van der Waals surface area contributed by atoms with Crippen molar-refractivity contribution in [2.24, 2.45) is 0 Å². The summed E-state index contributed by atoms with van der Waals surface area (Å²) in [7, 11) is 0. The van der Waals surface area contributed by atoms with Crippen molar-refractivity contribution in [2.75, 3.05) is 6.61 Å². The Kier molecular flexibility index (Phi) is 16.5. The molecule has 4 heteroatoms. The van der Waals surface area contributed by atoms with Crippen LogP contribution in [0.25, 0.3) is 0 Å². The number of ether oxygens (including phenoxy) is 2. The SMILES string of the molecule is CCCCCCCCCCCCCOC(=O)c1ccc(C(=O)OC(CC)CCCC)cc1. The van der Waals surface area contributed by atoms with Crippen molar-refractivity contribution >= 4 is 11.9 Å². The summed E-state index contributed by atoms with van der Waals surface area (Å²) in [6.07, 6.45) is 17.8. The monoisotopic (exact) mass is 446 g/mol. The van der Waals surface area contributed by atoms with Crippen molar-refractivity contribution in [1.29, 1.82) is 0 Å². The first-order valence-electron chi connectivity index (χ1n) is 13.1. The average Bonchev–Trinajstić information content (AvgIpc) is 2.82. The molecule has 0 radical (unpaired) electrons. The van der Waals surface area contributed by atoms with Gasteiger partial charge in [-0.05, 0) is 43.5 Å². The van der Waals surface area contributed by atoms with Crippen LogP contribution >= 0.6 is 0 Å². The van der Waals surface area contributed by atoms with Crippen LogP contribution in [0.1, 0.15) is 138 Å². The first-order chi connectivity index (χ1) is 15.6. The van der Waals surface area contributed by atoms with Gasteiger partial charge in [0.25, 0.3) is 0 Å². The Balaban J connectivity index is 2.17. The highest BCUT2D eigenvalue weighted by molar-refractivity contribution is 5.93. The van der Waals surface area contributed by atoms with Crippen LogP contribution < -0.4 is 0 Å². The normalized spacial score (nSPS) is 11.8. The molecule has 0 aliphatic carbocycles. The maximum atomic E-state index is 12.3. The quantitative estimate of drug-likeness (QED) is 0.158. The van der Waals surface area contributed by atoms with E-state index in [1.807, 2.05) is 6.92 Å². The Morgan fingerprint density at radius 1 is 0.656 bits per heavy atom. The predicted octanol–water partition coefficient (Wildman–Crippen LogP) is 8.28. The van der Waals surface area contributed by atoms with E-state index in [9.17, 15) is 9.59 Å². The highest BCUT2D eigenvalue weighted by Crippen LogP contribution is 2.14. The molecule has 182 valence electrons. The van der Waals surface area contributed by atoms with Crippen LogP contribution in [-0.4, -0.2) is 24.6 Å². The van der Waals surface area contributed by atoms with Gasteiger partial charge in [-0.3, -0.25) is 0 Å². The van der Waals surface area contributed by atoms with Gasteiger partial charge in [-0.2, -0.15) is 0 Å². The van der Waals surface area contributed by atoms with Gasteiger partial charge in [-0.15, -0.1) is 0 Å². The summed E-state index contributed by atoms with van der Waals surface area (Å²) in [6, 6.07) is 6.58. The minimum absolute atomic E-state index is 0.0436. The molecule has 4 nitrogen and oxygen atoms in total. The summed E-state index contributed by atoms with van der Waals surface area (Å²) < 4.78 is 11.0. The standard InChI is InChI=1S/C28H46O4/c1-4-7-9-10-11-12-13-14-15-16-17-23-31-27(29)24-19-21-25(22-20-24)28(30)32-26(6-3)18-8-5-2/h19-22,26H,4-18,23H2,1-3H3. The molecule has 1 atom stereocenters. The average molecular weight is 447 g/mol. The zero-order valence-corrected chi connectivity index (χ0v) is 20.8. The molecule has 1 unspecified atom stereocenters. The number of carbonyl (C=O) groups excluding carboxylic acids is 2. The van der Waals surface area contributed by atoms with Crippen LogP contribution in [0.5, 0.6) is 0 Å². The maximum Gasteiger partial charge on any atom is 0.338 e. The van der Waals surface area contributed by atoms with Crippen molar-refractivity contribution in [3.63, 3.8) is 0 Å². The van der Waals surface area contributed by atoms with Crippen LogP contribution in [0.4, 0.5) is 0 Å². The molecule has 0 bridgehead atoms. The zero-order chi connectivity index (χ0) is 23.4. The maximum absolute atomic E-state index is 12.3. The van der Waals surface area contributed by atoms with Crippen LogP contribution in [0.15, 0.2) is 24.3 Å². The minimum Gasteiger partial charge on any atom is -0.462 e. The fraction of sp³-hybridized carbons (Fsp3) is 0.714. The lowest BCUT2D eigenvalue weighted by Gasteiger charge is -2.15. The molecular weight excluding hydrogens is 400 g/mol. The molecule has 0 heterocycles. The van der Waals surface area contributed by atoms with E-state index < -0.39 is 0 Å². The van der Waals surface area contributed by atoms with E-state index >= 15 is 0 Å². The number of unbranched alkanes of at least 4 members (excludes halogenated alkanes) is 11. The van der Waals surface area contributed by atoms with Crippen molar-refractivity contribution in [2.45, 2.75) is 123 Å². The van der Waals surface area contributed by atoms with Crippen molar-refractivity contribution in [3.8, 4) is 0 Å². The van der Waals surface area contributed by atoms with Crippen LogP contribution in [-0.2, 0) is 9.47 Å². The van der Waals surface area contributed by atoms with E-state index in [1.165, 1.54) is 57.8 Å². The fourth-order valence-electron chi connectivity index (χ4n) is 3.75. The third kappa shape index (κ3) is 12.9. The molecule has 0 aliphatic heterocycles. The van der Waals surface area contributed by atoms with E-state index in [2.05, 4.69) is 13.8 Å². The van der Waals surface area contributed by atoms with Crippen molar-refractivity contribution < 1.29 is 19.1 Å². The summed E-state index contributed by atoms with van der Waals surface area (Å²) in [4.78, 5) is 24.5. The third-order valence-electron chi connectivity index (χ3n) is 5.95. The molecule has 0 saturated heterocycles. The molecule has 0 fully saturated rings. The van der Waals surface area contributed by atoms with Crippen LogP contribution in [0, 0.1) is 0 Å². The molecule has 0 amide bonds. The molecule has 1 aromatic carbocycles. The van der Waals surface area contributed by atoms with Crippen molar-refractivity contribution in [1.82, 2.24) is 0 Å². The number of rotatable bonds is 19. The Hall–Kier alpha value is -1.84. The molecule has 0 aromatic heterocycles. The van der Waals surface area contributed by atoms with E-state index in [-0.39, 0.29) is 18.0 Å². The molecule has 0 N–H and O–H groups in total. The summed E-state index contributed by atoms with van der Waals surface area (Å²) in [5.74, 6) is -0.653. The van der Waals surface area contributed by atoms with E-state index in [0.717, 1.165) is 38.5 Å². The van der Waals surface area contributed by atoms with Gasteiger partial charge >= 0.3 is 11.9 Å². The molecule has 1 aromatic rings. The van der Waals surface area contributed by atoms with Crippen LogP contribution in [0.2, 0.25) is 0 Å². The molecule has 32 heavy (non-hydrogen) atoms. The van der Waals surface area contributed by atoms with Crippen molar-refractivity contribution in [3.05, 3.63) is 35.4 Å². The summed E-state index contributed by atoms with van der Waals surface area (Å²) >= 11 is 0. The van der Waals surface area contributed by atoms with Gasteiger partial charge in [-0.1, -0.05) is 97.8 Å². The number of benzene rings is 1. The van der Waals surface area contributed by atoms with Gasteiger partial charge in [0.15, 0.2) is 0 Å². The van der Waals surface area contributed by atoms with E-state index in [4.69, 9.17) is 9.47 Å². The van der Waals surface area contributed by atoms with Gasteiger partial charge in [0.05, 0.1) is 17.7 Å². The third-order valence-corrected chi connectivity index (χ3v) is 5.95. The van der Waals surface area contributed by atoms with Crippen LogP contribution in [0.3, 0.4) is 0 Å². The molecule has 0 aliphatic rings. The highest BCUT2D eigenvalue weighted by Gasteiger charge is 2.15. The lowest BCUT2D eigenvalue weighted by molar-refractivity contribution is 0.0267. The summed E-state index contributed by atoms with van der Waals surface area (Å²) in [5.41, 5.74) is 0.949. The first-order valence-corrected chi connectivity index (χ1v) is 13.1. The largest absolute Gasteiger partial charge is 0.462 e. The summed E-state index contributed by atoms with van der Waals surface area (Å²) in [5, 5.41) is 0. The second kappa shape index (κ2) is 18.7. The Labute approximate surface area is 196 Å². The number of hydrogen-bond donors (Lipinski definition) is 0. The number of esters is 2. The Bertz CT molecular complexity index is 608. The zero-order valence-electron chi connectivity index (χ0n) is 20.8.